The molecule has 0 unspecified atom stereocenters. The summed E-state index contributed by atoms with van der Waals surface area (Å²) in [5, 5.41) is 10.8. The standard InChI is InChI=1S/C19H16ClNO4/c1-11(22)16-17(12-6-8-13(20)9-7-12)21(19(24)18(16)23)14-4-3-5-15(10-14)25-2/h3-10,17,23H,1-2H3/t17-/m1/s1. The predicted octanol–water partition coefficient (Wildman–Crippen LogP) is 3.84. The van der Waals surface area contributed by atoms with Gasteiger partial charge in [-0.05, 0) is 36.8 Å². The summed E-state index contributed by atoms with van der Waals surface area (Å²) >= 11 is 5.94. The molecule has 0 bridgehead atoms. The molecule has 0 aromatic heterocycles. The van der Waals surface area contributed by atoms with Crippen LogP contribution in [0.5, 0.6) is 5.75 Å². The Bertz CT molecular complexity index is 873. The zero-order chi connectivity index (χ0) is 18.1. The molecule has 0 fully saturated rings. The second-order valence-electron chi connectivity index (χ2n) is 5.65. The van der Waals surface area contributed by atoms with Crippen LogP contribution in [0.3, 0.4) is 0 Å². The lowest BCUT2D eigenvalue weighted by molar-refractivity contribution is -0.117. The summed E-state index contributed by atoms with van der Waals surface area (Å²) < 4.78 is 5.21. The van der Waals surface area contributed by atoms with Crippen LogP contribution in [-0.4, -0.2) is 23.9 Å². The summed E-state index contributed by atoms with van der Waals surface area (Å²) in [6, 6.07) is 13.0. The normalized spacial score (nSPS) is 17.2. The number of nitrogens with zero attached hydrogens (tertiary/aromatic N) is 1. The number of ketones is 1. The number of rotatable bonds is 4. The first-order chi connectivity index (χ1) is 11.9. The maximum Gasteiger partial charge on any atom is 0.294 e. The van der Waals surface area contributed by atoms with E-state index in [1.54, 1.807) is 48.5 Å². The zero-order valence-corrected chi connectivity index (χ0v) is 14.4. The highest BCUT2D eigenvalue weighted by Gasteiger charge is 2.43. The number of halogens is 1. The molecule has 0 spiro atoms. The Hall–Kier alpha value is -2.79. The third kappa shape index (κ3) is 2.98. The highest BCUT2D eigenvalue weighted by Crippen LogP contribution is 2.41. The van der Waals surface area contributed by atoms with Crippen molar-refractivity contribution < 1.29 is 19.4 Å². The number of amides is 1. The molecular formula is C19H16ClNO4. The minimum absolute atomic E-state index is 0.0649. The van der Waals surface area contributed by atoms with Crippen molar-refractivity contribution in [3.63, 3.8) is 0 Å². The summed E-state index contributed by atoms with van der Waals surface area (Å²) in [6.45, 7) is 1.33. The van der Waals surface area contributed by atoms with Crippen molar-refractivity contribution in [1.82, 2.24) is 0 Å². The van der Waals surface area contributed by atoms with Gasteiger partial charge in [-0.3, -0.25) is 14.5 Å². The Balaban J connectivity index is 2.17. The maximum atomic E-state index is 12.7. The van der Waals surface area contributed by atoms with Crippen LogP contribution < -0.4 is 9.64 Å². The number of hydrogen-bond acceptors (Lipinski definition) is 4. The largest absolute Gasteiger partial charge is 0.503 e. The van der Waals surface area contributed by atoms with Gasteiger partial charge in [-0.15, -0.1) is 0 Å². The molecule has 1 aliphatic rings. The number of anilines is 1. The number of aliphatic hydroxyl groups is 1. The Morgan fingerprint density at radius 2 is 1.88 bits per heavy atom. The Kier molecular flexibility index (Phi) is 4.51. The summed E-state index contributed by atoms with van der Waals surface area (Å²) in [5.74, 6) is -0.958. The summed E-state index contributed by atoms with van der Waals surface area (Å²) in [4.78, 5) is 26.2. The van der Waals surface area contributed by atoms with Crippen LogP contribution in [0.25, 0.3) is 0 Å². The molecule has 5 nitrogen and oxygen atoms in total. The summed E-state index contributed by atoms with van der Waals surface area (Å²) in [6.07, 6.45) is 0. The molecule has 1 atom stereocenters. The van der Waals surface area contributed by atoms with E-state index in [0.29, 0.717) is 22.0 Å². The number of aliphatic hydroxyl groups excluding tert-OH is 1. The lowest BCUT2D eigenvalue weighted by Gasteiger charge is -2.27. The van der Waals surface area contributed by atoms with Crippen LogP contribution in [0.4, 0.5) is 5.69 Å². The third-order valence-corrected chi connectivity index (χ3v) is 4.36. The van der Waals surface area contributed by atoms with E-state index in [2.05, 4.69) is 0 Å². The fraction of sp³-hybridized carbons (Fsp3) is 0.158. The van der Waals surface area contributed by atoms with Crippen LogP contribution >= 0.6 is 11.6 Å². The van der Waals surface area contributed by atoms with Gasteiger partial charge in [0.05, 0.1) is 18.7 Å². The molecule has 0 radical (unpaired) electrons. The van der Waals surface area contributed by atoms with Crippen molar-refractivity contribution in [2.24, 2.45) is 0 Å². The Morgan fingerprint density at radius 3 is 2.48 bits per heavy atom. The van der Waals surface area contributed by atoms with Gasteiger partial charge in [0.25, 0.3) is 5.91 Å². The Labute approximate surface area is 150 Å². The summed E-state index contributed by atoms with van der Waals surface area (Å²) in [5.41, 5.74) is 1.26. The number of ether oxygens (including phenoxy) is 1. The van der Waals surface area contributed by atoms with Gasteiger partial charge >= 0.3 is 0 Å². The van der Waals surface area contributed by atoms with E-state index in [-0.39, 0.29) is 11.4 Å². The van der Waals surface area contributed by atoms with E-state index in [9.17, 15) is 14.7 Å². The fourth-order valence-corrected chi connectivity index (χ4v) is 3.08. The molecule has 1 heterocycles. The van der Waals surface area contributed by atoms with E-state index in [4.69, 9.17) is 16.3 Å². The average Bonchev–Trinajstić information content (AvgIpc) is 2.87. The van der Waals surface area contributed by atoms with E-state index in [1.807, 2.05) is 0 Å². The summed E-state index contributed by atoms with van der Waals surface area (Å²) in [7, 11) is 1.53. The van der Waals surface area contributed by atoms with Gasteiger partial charge in [-0.25, -0.2) is 0 Å². The highest BCUT2D eigenvalue weighted by molar-refractivity contribution is 6.30. The van der Waals surface area contributed by atoms with Crippen LogP contribution in [0.1, 0.15) is 18.5 Å². The minimum atomic E-state index is -0.727. The Morgan fingerprint density at radius 1 is 1.20 bits per heavy atom. The van der Waals surface area contributed by atoms with Crippen LogP contribution in [0, 0.1) is 0 Å². The number of Topliss-reactive ketones (excluding diaryl/α,β-unsaturated/α-hetero) is 1. The highest BCUT2D eigenvalue weighted by atomic mass is 35.5. The number of benzene rings is 2. The molecule has 1 aliphatic heterocycles. The van der Waals surface area contributed by atoms with E-state index in [0.717, 1.165) is 0 Å². The first-order valence-corrected chi connectivity index (χ1v) is 7.99. The smallest absolute Gasteiger partial charge is 0.294 e. The zero-order valence-electron chi connectivity index (χ0n) is 13.7. The van der Waals surface area contributed by atoms with Crippen LogP contribution in [0.2, 0.25) is 5.02 Å². The first-order valence-electron chi connectivity index (χ1n) is 7.61. The van der Waals surface area contributed by atoms with E-state index in [1.165, 1.54) is 18.9 Å². The second kappa shape index (κ2) is 6.61. The van der Waals surface area contributed by atoms with Crippen molar-refractivity contribution in [2.45, 2.75) is 13.0 Å². The monoisotopic (exact) mass is 357 g/mol. The van der Waals surface area contributed by atoms with Crippen molar-refractivity contribution in [1.29, 1.82) is 0 Å². The molecule has 0 aliphatic carbocycles. The van der Waals surface area contributed by atoms with Crippen molar-refractivity contribution in [3.05, 3.63) is 70.4 Å². The molecule has 6 heteroatoms. The molecular weight excluding hydrogens is 342 g/mol. The second-order valence-corrected chi connectivity index (χ2v) is 6.09. The van der Waals surface area contributed by atoms with E-state index < -0.39 is 17.7 Å². The number of hydrogen-bond donors (Lipinski definition) is 1. The molecule has 1 N–H and O–H groups in total. The quantitative estimate of drug-likeness (QED) is 0.902. The van der Waals surface area contributed by atoms with Gasteiger partial charge in [0.2, 0.25) is 0 Å². The first kappa shape index (κ1) is 17.0. The molecule has 128 valence electrons. The van der Waals surface area contributed by atoms with Crippen molar-refractivity contribution in [2.75, 3.05) is 12.0 Å². The van der Waals surface area contributed by atoms with Gasteiger partial charge in [0.15, 0.2) is 11.5 Å². The molecule has 0 saturated heterocycles. The molecule has 25 heavy (non-hydrogen) atoms. The van der Waals surface area contributed by atoms with Crippen LogP contribution in [-0.2, 0) is 9.59 Å². The molecule has 1 amide bonds. The molecule has 2 aromatic rings. The van der Waals surface area contributed by atoms with Gasteiger partial charge in [0.1, 0.15) is 5.75 Å². The number of methoxy groups -OCH3 is 1. The van der Waals surface area contributed by atoms with Gasteiger partial charge in [-0.1, -0.05) is 29.8 Å². The molecule has 0 saturated carbocycles. The third-order valence-electron chi connectivity index (χ3n) is 4.10. The van der Waals surface area contributed by atoms with Gasteiger partial charge < -0.3 is 9.84 Å². The maximum absolute atomic E-state index is 12.7. The minimum Gasteiger partial charge on any atom is -0.503 e. The van der Waals surface area contributed by atoms with Crippen LogP contribution in [0.15, 0.2) is 59.9 Å². The molecule has 2 aromatic carbocycles. The number of carbonyl (C=O) groups is 2. The number of carbonyl (C=O) groups excluding carboxylic acids is 2. The fourth-order valence-electron chi connectivity index (χ4n) is 2.95. The van der Waals surface area contributed by atoms with Crippen molar-refractivity contribution >= 4 is 29.0 Å². The molecule has 3 rings (SSSR count). The van der Waals surface area contributed by atoms with Gasteiger partial charge in [0, 0.05) is 16.8 Å². The lowest BCUT2D eigenvalue weighted by Crippen LogP contribution is -2.30. The predicted molar refractivity (Wildman–Crippen MR) is 95.0 cm³/mol. The SMILES string of the molecule is COc1cccc(N2C(=O)C(O)=C(C(C)=O)[C@H]2c2ccc(Cl)cc2)c1. The topological polar surface area (TPSA) is 66.8 Å². The van der Waals surface area contributed by atoms with Gasteiger partial charge in [-0.2, -0.15) is 0 Å². The van der Waals surface area contributed by atoms with Crippen molar-refractivity contribution in [3.8, 4) is 5.75 Å². The van der Waals surface area contributed by atoms with E-state index >= 15 is 0 Å². The lowest BCUT2D eigenvalue weighted by atomic mass is 9.96. The average molecular weight is 358 g/mol.